The van der Waals surface area contributed by atoms with Crippen molar-refractivity contribution in [2.24, 2.45) is 0 Å². The van der Waals surface area contributed by atoms with E-state index in [9.17, 15) is 9.59 Å². The number of carbonyl (C=O) groups is 2. The lowest BCUT2D eigenvalue weighted by molar-refractivity contribution is -0.118. The van der Waals surface area contributed by atoms with Gasteiger partial charge in [0.2, 0.25) is 6.41 Å². The van der Waals surface area contributed by atoms with Crippen LogP contribution in [0, 0.1) is 0 Å². The monoisotopic (exact) mass is 353 g/mol. The quantitative estimate of drug-likeness (QED) is 0.826. The Kier molecular flexibility index (Phi) is 5.46. The SMILES string of the molecule is CC(C)NC(=O)c1cc(N2CCN(C=O)CC2)nc(-c2ccccc2)n1. The van der Waals surface area contributed by atoms with E-state index in [1.807, 2.05) is 44.2 Å². The van der Waals surface area contributed by atoms with Gasteiger partial charge in [0, 0.05) is 43.9 Å². The Balaban J connectivity index is 1.95. The molecule has 3 rings (SSSR count). The molecule has 1 fully saturated rings. The van der Waals surface area contributed by atoms with Crippen LogP contribution in [-0.2, 0) is 4.79 Å². The number of anilines is 1. The predicted molar refractivity (Wildman–Crippen MR) is 99.9 cm³/mol. The first-order chi connectivity index (χ1) is 12.6. The minimum Gasteiger partial charge on any atom is -0.353 e. The Morgan fingerprint density at radius 3 is 2.42 bits per heavy atom. The zero-order valence-electron chi connectivity index (χ0n) is 15.1. The average Bonchev–Trinajstić information content (AvgIpc) is 2.68. The first-order valence-corrected chi connectivity index (χ1v) is 8.76. The van der Waals surface area contributed by atoms with Gasteiger partial charge in [-0.3, -0.25) is 9.59 Å². The fourth-order valence-corrected chi connectivity index (χ4v) is 2.82. The van der Waals surface area contributed by atoms with E-state index in [0.29, 0.717) is 43.5 Å². The molecule has 7 heteroatoms. The van der Waals surface area contributed by atoms with Crippen molar-refractivity contribution in [3.05, 3.63) is 42.1 Å². The summed E-state index contributed by atoms with van der Waals surface area (Å²) in [6.07, 6.45) is 0.869. The Morgan fingerprint density at radius 2 is 1.81 bits per heavy atom. The fourth-order valence-electron chi connectivity index (χ4n) is 2.82. The molecule has 1 aliphatic rings. The maximum Gasteiger partial charge on any atom is 0.270 e. The number of piperazine rings is 1. The molecule has 1 saturated heterocycles. The largest absolute Gasteiger partial charge is 0.353 e. The minimum absolute atomic E-state index is 0.0252. The van der Waals surface area contributed by atoms with Crippen molar-refractivity contribution in [3.8, 4) is 11.4 Å². The minimum atomic E-state index is -0.215. The van der Waals surface area contributed by atoms with Gasteiger partial charge in [-0.2, -0.15) is 0 Å². The number of hydrogen-bond donors (Lipinski definition) is 1. The number of nitrogens with one attached hydrogen (secondary N) is 1. The van der Waals surface area contributed by atoms with Gasteiger partial charge in [0.25, 0.3) is 5.91 Å². The van der Waals surface area contributed by atoms with Crippen LogP contribution in [0.1, 0.15) is 24.3 Å². The summed E-state index contributed by atoms with van der Waals surface area (Å²) in [6, 6.07) is 11.4. The second-order valence-corrected chi connectivity index (χ2v) is 6.56. The Bertz CT molecular complexity index is 771. The Labute approximate surface area is 153 Å². The van der Waals surface area contributed by atoms with E-state index >= 15 is 0 Å². The molecule has 7 nitrogen and oxygen atoms in total. The molecule has 2 amide bonds. The Morgan fingerprint density at radius 1 is 1.12 bits per heavy atom. The van der Waals surface area contributed by atoms with Gasteiger partial charge >= 0.3 is 0 Å². The highest BCUT2D eigenvalue weighted by molar-refractivity contribution is 5.93. The van der Waals surface area contributed by atoms with Crippen LogP contribution >= 0.6 is 0 Å². The molecular formula is C19H23N5O2. The second kappa shape index (κ2) is 7.95. The van der Waals surface area contributed by atoms with Crippen LogP contribution in [0.25, 0.3) is 11.4 Å². The third-order valence-electron chi connectivity index (χ3n) is 4.18. The van der Waals surface area contributed by atoms with Crippen molar-refractivity contribution in [1.29, 1.82) is 0 Å². The highest BCUT2D eigenvalue weighted by atomic mass is 16.2. The number of aromatic nitrogens is 2. The summed E-state index contributed by atoms with van der Waals surface area (Å²) in [5.41, 5.74) is 1.21. The highest BCUT2D eigenvalue weighted by Gasteiger charge is 2.20. The van der Waals surface area contributed by atoms with Crippen molar-refractivity contribution >= 4 is 18.1 Å². The zero-order valence-corrected chi connectivity index (χ0v) is 15.1. The summed E-state index contributed by atoms with van der Waals surface area (Å²) in [5.74, 6) is 1.01. The number of rotatable bonds is 5. The molecule has 0 atom stereocenters. The first kappa shape index (κ1) is 17.8. The third kappa shape index (κ3) is 4.17. The van der Waals surface area contributed by atoms with Gasteiger partial charge in [-0.1, -0.05) is 30.3 Å². The zero-order chi connectivity index (χ0) is 18.5. The lowest BCUT2D eigenvalue weighted by Gasteiger charge is -2.33. The highest BCUT2D eigenvalue weighted by Crippen LogP contribution is 2.21. The number of nitrogens with zero attached hydrogens (tertiary/aromatic N) is 4. The number of hydrogen-bond acceptors (Lipinski definition) is 5. The predicted octanol–water partition coefficient (Wildman–Crippen LogP) is 1.56. The molecule has 0 saturated carbocycles. The van der Waals surface area contributed by atoms with Gasteiger partial charge in [-0.05, 0) is 13.8 Å². The van der Waals surface area contributed by atoms with Gasteiger partial charge < -0.3 is 15.1 Å². The maximum atomic E-state index is 12.5. The van der Waals surface area contributed by atoms with Gasteiger partial charge in [-0.15, -0.1) is 0 Å². The van der Waals surface area contributed by atoms with E-state index in [-0.39, 0.29) is 11.9 Å². The lowest BCUT2D eigenvalue weighted by atomic mass is 10.2. The van der Waals surface area contributed by atoms with Crippen LogP contribution in [0.3, 0.4) is 0 Å². The molecule has 0 unspecified atom stereocenters. The van der Waals surface area contributed by atoms with Crippen LogP contribution in [0.2, 0.25) is 0 Å². The molecule has 1 aliphatic heterocycles. The van der Waals surface area contributed by atoms with Gasteiger partial charge in [0.05, 0.1) is 0 Å². The van der Waals surface area contributed by atoms with Crippen molar-refractivity contribution in [2.45, 2.75) is 19.9 Å². The van der Waals surface area contributed by atoms with E-state index in [1.165, 1.54) is 0 Å². The Hall–Kier alpha value is -2.96. The molecule has 26 heavy (non-hydrogen) atoms. The number of amides is 2. The van der Waals surface area contributed by atoms with E-state index < -0.39 is 0 Å². The summed E-state index contributed by atoms with van der Waals surface area (Å²) in [6.45, 7) is 6.46. The summed E-state index contributed by atoms with van der Waals surface area (Å²) < 4.78 is 0. The van der Waals surface area contributed by atoms with Crippen molar-refractivity contribution < 1.29 is 9.59 Å². The molecule has 1 aromatic heterocycles. The van der Waals surface area contributed by atoms with Gasteiger partial charge in [0.15, 0.2) is 5.82 Å². The smallest absolute Gasteiger partial charge is 0.270 e. The topological polar surface area (TPSA) is 78.4 Å². The van der Waals surface area contributed by atoms with Crippen molar-refractivity contribution in [3.63, 3.8) is 0 Å². The number of benzene rings is 1. The summed E-state index contributed by atoms with van der Waals surface area (Å²) in [7, 11) is 0. The molecule has 0 aliphatic carbocycles. The first-order valence-electron chi connectivity index (χ1n) is 8.76. The van der Waals surface area contributed by atoms with Gasteiger partial charge in [-0.25, -0.2) is 9.97 Å². The van der Waals surface area contributed by atoms with Crippen molar-refractivity contribution in [2.75, 3.05) is 31.1 Å². The van der Waals surface area contributed by atoms with Crippen LogP contribution in [-0.4, -0.2) is 59.4 Å². The average molecular weight is 353 g/mol. The third-order valence-corrected chi connectivity index (χ3v) is 4.18. The summed E-state index contributed by atoms with van der Waals surface area (Å²) >= 11 is 0. The van der Waals surface area contributed by atoms with E-state index in [2.05, 4.69) is 20.2 Å². The van der Waals surface area contributed by atoms with Crippen molar-refractivity contribution in [1.82, 2.24) is 20.2 Å². The van der Waals surface area contributed by atoms with Crippen LogP contribution in [0.5, 0.6) is 0 Å². The van der Waals surface area contributed by atoms with Crippen LogP contribution < -0.4 is 10.2 Å². The maximum absolute atomic E-state index is 12.5. The van der Waals surface area contributed by atoms with Gasteiger partial charge in [0.1, 0.15) is 11.5 Å². The van der Waals surface area contributed by atoms with E-state index in [0.717, 1.165) is 12.0 Å². The molecule has 2 aromatic rings. The summed E-state index contributed by atoms with van der Waals surface area (Å²) in [5, 5.41) is 2.88. The molecule has 2 heterocycles. The normalized spacial score (nSPS) is 14.4. The molecule has 1 N–H and O–H groups in total. The standard InChI is InChI=1S/C19H23N5O2/c1-14(2)20-19(26)16-12-17(24-10-8-23(13-25)9-11-24)22-18(21-16)15-6-4-3-5-7-15/h3-7,12-14H,8-11H2,1-2H3,(H,20,26). The van der Waals surface area contributed by atoms with Crippen LogP contribution in [0.4, 0.5) is 5.82 Å². The molecule has 1 aromatic carbocycles. The number of carbonyl (C=O) groups excluding carboxylic acids is 2. The summed E-state index contributed by atoms with van der Waals surface area (Å²) in [4.78, 5) is 36.4. The lowest BCUT2D eigenvalue weighted by Crippen LogP contribution is -2.46. The molecule has 0 radical (unpaired) electrons. The molecule has 136 valence electrons. The molecule has 0 spiro atoms. The van der Waals surface area contributed by atoms with Crippen LogP contribution in [0.15, 0.2) is 36.4 Å². The second-order valence-electron chi connectivity index (χ2n) is 6.56. The fraction of sp³-hybridized carbons (Fsp3) is 0.368. The molecular weight excluding hydrogens is 330 g/mol. The van der Waals surface area contributed by atoms with E-state index in [1.54, 1.807) is 11.0 Å². The van der Waals surface area contributed by atoms with E-state index in [4.69, 9.17) is 0 Å². The molecule has 0 bridgehead atoms.